The molecule has 43 heavy (non-hydrogen) atoms. The summed E-state index contributed by atoms with van der Waals surface area (Å²) in [7, 11) is -5.52. The van der Waals surface area contributed by atoms with Gasteiger partial charge in [-0.2, -0.15) is 9.61 Å². The van der Waals surface area contributed by atoms with Gasteiger partial charge in [-0.15, -0.1) is 5.73 Å². The summed E-state index contributed by atoms with van der Waals surface area (Å²) >= 11 is 4.72. The van der Waals surface area contributed by atoms with E-state index in [4.69, 9.17) is 36.6 Å². The highest BCUT2D eigenvalue weighted by molar-refractivity contribution is 8.08. The zero-order valence-corrected chi connectivity index (χ0v) is 24.2. The molecule has 2 aromatic rings. The fourth-order valence-electron chi connectivity index (χ4n) is 4.44. The van der Waals surface area contributed by atoms with Crippen molar-refractivity contribution in [3.63, 3.8) is 0 Å². The quantitative estimate of drug-likeness (QED) is 0.0851. The number of anilines is 1. The van der Waals surface area contributed by atoms with Crippen molar-refractivity contribution in [1.29, 1.82) is 0 Å². The van der Waals surface area contributed by atoms with E-state index in [1.54, 1.807) is 0 Å². The second kappa shape index (κ2) is 12.9. The first kappa shape index (κ1) is 34.0. The third-order valence-electron chi connectivity index (χ3n) is 6.50. The zero-order valence-electron chi connectivity index (χ0n) is 21.6. The van der Waals surface area contributed by atoms with Crippen molar-refractivity contribution in [2.24, 2.45) is 0 Å². The number of rotatable bonds is 11. The summed E-state index contributed by atoms with van der Waals surface area (Å²) in [5, 5.41) is 63.6. The Balaban J connectivity index is 1.46. The van der Waals surface area contributed by atoms with Crippen LogP contribution in [0.1, 0.15) is 11.7 Å². The first-order valence-corrected chi connectivity index (χ1v) is 16.2. The summed E-state index contributed by atoms with van der Waals surface area (Å²) in [5.41, 5.74) is 5.34. The van der Waals surface area contributed by atoms with Gasteiger partial charge in [0.15, 0.2) is 17.6 Å². The number of hydrogen-bond donors (Lipinski definition) is 9. The number of alkyl halides is 1. The molecule has 0 aromatic carbocycles. The molecule has 10 N–H and O–H groups in total. The molecule has 2 aliphatic heterocycles. The summed E-state index contributed by atoms with van der Waals surface area (Å²) in [4.78, 5) is 28.3. The second-order valence-electron chi connectivity index (χ2n) is 9.35. The molecule has 0 spiro atoms. The predicted octanol–water partition coefficient (Wildman–Crippen LogP) is -2.92. The predicted molar refractivity (Wildman–Crippen MR) is 141 cm³/mol. The van der Waals surface area contributed by atoms with Gasteiger partial charge in [-0.1, -0.05) is 6.58 Å². The van der Waals surface area contributed by atoms with Gasteiger partial charge >= 0.3 is 14.5 Å². The number of fused-ring (bicyclic) bond motifs is 1. The topological polar surface area (TPSA) is 294 Å². The van der Waals surface area contributed by atoms with Gasteiger partial charge in [0, 0.05) is 5.56 Å². The van der Waals surface area contributed by atoms with E-state index in [9.17, 15) is 39.9 Å². The van der Waals surface area contributed by atoms with Crippen molar-refractivity contribution >= 4 is 37.9 Å². The lowest BCUT2D eigenvalue weighted by Crippen LogP contribution is -2.61. The number of aromatic nitrogens is 4. The van der Waals surface area contributed by atoms with Gasteiger partial charge in [0.25, 0.3) is 0 Å². The average molecular weight is 675 g/mol. The number of hydrogen-bond acceptors (Lipinski definition) is 17. The van der Waals surface area contributed by atoms with E-state index in [1.807, 2.05) is 0 Å². The number of phosphoric ester groups is 1. The standard InChI is InChI=1S/C20H28FN5O14P2S/c1-2-3-20(21)15(32)10(37-16(20)8-4-25-26-17(8)23-7-24-19(26)22)6-36-42(35,43)40-41(33,34)39-18-13(31)11(29)12(30)14(38-18)9(28)5-27/h3-4,7,9-16,18,27-32H,1,5-6H2,(H,33,34)(H,35,43)(H2,22,23,24)/t9-,10+,11?,12?,13?,14?,15+,16-,18?,20+,42?/m0/s1. The van der Waals surface area contributed by atoms with E-state index in [1.165, 1.54) is 6.20 Å². The SMILES string of the molecule is C=C=C[C@@]1(F)[C@H](O)[C@@H](COP(O)(=S)OP(=O)(O)OC2OC([C@@H](O)CO)C(O)C(O)C2O)O[C@H]1c1cnn2c(N)ncnc12. The number of ether oxygens (including phenoxy) is 2. The Morgan fingerprint density at radius 3 is 2.60 bits per heavy atom. The molecule has 240 valence electrons. The number of aliphatic hydroxyl groups excluding tert-OH is 6. The van der Waals surface area contributed by atoms with Crippen LogP contribution in [0.3, 0.4) is 0 Å². The molecule has 0 aliphatic carbocycles. The molecule has 2 aromatic heterocycles. The fourth-order valence-corrected chi connectivity index (χ4v) is 7.54. The molecule has 4 rings (SSSR count). The first-order valence-electron chi connectivity index (χ1n) is 12.1. The van der Waals surface area contributed by atoms with Crippen LogP contribution in [0.25, 0.3) is 5.65 Å². The number of nitrogens with zero attached hydrogens (tertiary/aromatic N) is 4. The minimum Gasteiger partial charge on any atom is -0.394 e. The smallest absolute Gasteiger partial charge is 0.394 e. The van der Waals surface area contributed by atoms with Crippen LogP contribution >= 0.6 is 14.5 Å². The lowest BCUT2D eigenvalue weighted by Gasteiger charge is -2.41. The number of halogens is 1. The molecule has 2 aliphatic rings. The van der Waals surface area contributed by atoms with Gasteiger partial charge in [-0.25, -0.2) is 23.2 Å². The monoisotopic (exact) mass is 675 g/mol. The van der Waals surface area contributed by atoms with Crippen molar-refractivity contribution in [3.05, 3.63) is 36.5 Å². The number of phosphoric acid groups is 1. The molecule has 0 radical (unpaired) electrons. The molecule has 0 bridgehead atoms. The minimum atomic E-state index is -5.52. The van der Waals surface area contributed by atoms with Crippen LogP contribution in [0.15, 0.2) is 30.9 Å². The Labute approximate surface area is 246 Å². The van der Waals surface area contributed by atoms with Gasteiger partial charge < -0.3 is 60.2 Å². The van der Waals surface area contributed by atoms with Crippen molar-refractivity contribution in [2.45, 2.75) is 60.8 Å². The van der Waals surface area contributed by atoms with Crippen molar-refractivity contribution in [2.75, 3.05) is 18.9 Å². The van der Waals surface area contributed by atoms with Crippen LogP contribution in [-0.4, -0.2) is 128 Å². The molecular formula is C20H28FN5O14P2S. The van der Waals surface area contributed by atoms with E-state index < -0.39 is 88.5 Å². The maximum atomic E-state index is 16.1. The van der Waals surface area contributed by atoms with Crippen LogP contribution < -0.4 is 5.73 Å². The molecule has 7 unspecified atom stereocenters. The summed E-state index contributed by atoms with van der Waals surface area (Å²) < 4.78 is 54.6. The van der Waals surface area contributed by atoms with E-state index in [-0.39, 0.29) is 17.2 Å². The second-order valence-corrected chi connectivity index (χ2v) is 13.7. The summed E-state index contributed by atoms with van der Waals surface area (Å²) in [6.45, 7) is -3.33. The van der Waals surface area contributed by atoms with Crippen LogP contribution in [-0.2, 0) is 39.2 Å². The lowest BCUT2D eigenvalue weighted by molar-refractivity contribution is -0.292. The summed E-state index contributed by atoms with van der Waals surface area (Å²) in [6.07, 6.45) is -14.2. The molecule has 4 heterocycles. The zero-order chi connectivity index (χ0) is 31.9. The summed E-state index contributed by atoms with van der Waals surface area (Å²) in [6, 6.07) is 0. The molecule has 12 atom stereocenters. The Kier molecular flexibility index (Phi) is 10.2. The van der Waals surface area contributed by atoms with Gasteiger partial charge in [0.1, 0.15) is 55.2 Å². The van der Waals surface area contributed by atoms with Crippen LogP contribution in [0.5, 0.6) is 0 Å². The normalized spacial score (nSPS) is 36.5. The lowest BCUT2D eigenvalue weighted by atomic mass is 9.89. The van der Waals surface area contributed by atoms with Gasteiger partial charge in [0.05, 0.1) is 19.4 Å². The summed E-state index contributed by atoms with van der Waals surface area (Å²) in [5.74, 6) is -0.0795. The van der Waals surface area contributed by atoms with Gasteiger partial charge in [-0.3, -0.25) is 4.52 Å². The highest BCUT2D eigenvalue weighted by Crippen LogP contribution is 2.62. The minimum absolute atomic E-state index is 0.0283. The molecule has 0 saturated carbocycles. The molecule has 2 fully saturated rings. The fraction of sp³-hybridized carbons (Fsp3) is 0.600. The van der Waals surface area contributed by atoms with Crippen molar-refractivity contribution < 1.29 is 72.2 Å². The molecule has 2 saturated heterocycles. The number of nitrogen functional groups attached to an aromatic ring is 1. The average Bonchev–Trinajstić information content (AvgIpc) is 3.46. The maximum absolute atomic E-state index is 16.1. The Morgan fingerprint density at radius 2 is 1.95 bits per heavy atom. The first-order chi connectivity index (χ1) is 20.0. The van der Waals surface area contributed by atoms with Gasteiger partial charge in [-0.05, 0) is 17.9 Å². The highest BCUT2D eigenvalue weighted by atomic mass is 32.5. The molecule has 23 heteroatoms. The Morgan fingerprint density at radius 1 is 1.26 bits per heavy atom. The Hall–Kier alpha value is -1.84. The number of nitrogens with two attached hydrogens (primary N) is 1. The van der Waals surface area contributed by atoms with Crippen molar-refractivity contribution in [1.82, 2.24) is 19.6 Å². The van der Waals surface area contributed by atoms with Gasteiger partial charge in [0.2, 0.25) is 5.95 Å². The Bertz CT molecular complexity index is 1470. The number of aliphatic hydroxyl groups is 6. The molecular weight excluding hydrogens is 647 g/mol. The van der Waals surface area contributed by atoms with Crippen molar-refractivity contribution in [3.8, 4) is 0 Å². The van der Waals surface area contributed by atoms with E-state index >= 15 is 4.39 Å². The maximum Gasteiger partial charge on any atom is 0.481 e. The van der Waals surface area contributed by atoms with Crippen LogP contribution in [0, 0.1) is 0 Å². The molecule has 19 nitrogen and oxygen atoms in total. The van der Waals surface area contributed by atoms with E-state index in [0.29, 0.717) is 0 Å². The largest absolute Gasteiger partial charge is 0.481 e. The van der Waals surface area contributed by atoms with E-state index in [0.717, 1.165) is 16.9 Å². The highest BCUT2D eigenvalue weighted by Gasteiger charge is 2.58. The van der Waals surface area contributed by atoms with E-state index in [2.05, 4.69) is 36.2 Å². The van der Waals surface area contributed by atoms with Crippen LogP contribution in [0.2, 0.25) is 0 Å². The third-order valence-corrected chi connectivity index (χ3v) is 10.0. The molecule has 0 amide bonds. The third kappa shape index (κ3) is 6.89. The van der Waals surface area contributed by atoms with Crippen LogP contribution in [0.4, 0.5) is 10.3 Å².